The minimum absolute atomic E-state index is 0.151. The number of rotatable bonds is 4. The Morgan fingerprint density at radius 1 is 1.56 bits per heavy atom. The van der Waals surface area contributed by atoms with E-state index in [-0.39, 0.29) is 11.3 Å². The van der Waals surface area contributed by atoms with E-state index in [9.17, 15) is 14.1 Å². The maximum absolute atomic E-state index is 10.8. The molecule has 7 heteroatoms. The molecule has 1 amide bonds. The molecule has 2 atom stereocenters. The zero-order valence-electron chi connectivity index (χ0n) is 8.41. The molecule has 0 saturated carbocycles. The third-order valence-electron chi connectivity index (χ3n) is 1.98. The standard InChI is InChI=1S/C9H11NO5S/c1-5(15-16(13)14)7-3-2-6(9(10)12)4-8(7)11/h2-5,11H,1H3,(H2,10,12)(H,13,14). The van der Waals surface area contributed by atoms with Crippen LogP contribution in [-0.4, -0.2) is 19.8 Å². The summed E-state index contributed by atoms with van der Waals surface area (Å²) in [6, 6.07) is 3.99. The smallest absolute Gasteiger partial charge is 0.302 e. The number of carbonyl (C=O) groups excluding carboxylic acids is 1. The van der Waals surface area contributed by atoms with Crippen LogP contribution in [0.25, 0.3) is 0 Å². The van der Waals surface area contributed by atoms with Gasteiger partial charge in [-0.3, -0.25) is 13.5 Å². The van der Waals surface area contributed by atoms with E-state index in [1.54, 1.807) is 0 Å². The van der Waals surface area contributed by atoms with E-state index in [0.29, 0.717) is 5.56 Å². The lowest BCUT2D eigenvalue weighted by Crippen LogP contribution is -2.11. The molecule has 1 aromatic rings. The fourth-order valence-electron chi connectivity index (χ4n) is 1.22. The first-order chi connectivity index (χ1) is 7.41. The molecule has 6 nitrogen and oxygen atoms in total. The number of nitrogens with two attached hydrogens (primary N) is 1. The minimum Gasteiger partial charge on any atom is -0.508 e. The van der Waals surface area contributed by atoms with Crippen LogP contribution in [0.1, 0.15) is 28.9 Å². The highest BCUT2D eigenvalue weighted by molar-refractivity contribution is 7.74. The summed E-state index contributed by atoms with van der Waals surface area (Å²) in [4.78, 5) is 10.8. The highest BCUT2D eigenvalue weighted by atomic mass is 32.2. The summed E-state index contributed by atoms with van der Waals surface area (Å²) in [7, 11) is 0. The number of benzene rings is 1. The molecule has 0 radical (unpaired) electrons. The summed E-state index contributed by atoms with van der Waals surface area (Å²) >= 11 is -2.42. The van der Waals surface area contributed by atoms with Gasteiger partial charge in [-0.2, -0.15) is 4.21 Å². The van der Waals surface area contributed by atoms with E-state index >= 15 is 0 Å². The molecule has 0 saturated heterocycles. The Bertz CT molecular complexity index is 434. The van der Waals surface area contributed by atoms with Crippen LogP contribution in [0.15, 0.2) is 18.2 Å². The normalized spacial score (nSPS) is 14.4. The number of hydrogen-bond donors (Lipinski definition) is 3. The van der Waals surface area contributed by atoms with Crippen molar-refractivity contribution in [2.45, 2.75) is 13.0 Å². The molecule has 1 aromatic carbocycles. The number of hydrogen-bond acceptors (Lipinski definition) is 4. The molecule has 16 heavy (non-hydrogen) atoms. The summed E-state index contributed by atoms with van der Waals surface area (Å²) in [5.74, 6) is -0.879. The zero-order chi connectivity index (χ0) is 12.3. The molecule has 0 bridgehead atoms. The quantitative estimate of drug-likeness (QED) is 0.676. The van der Waals surface area contributed by atoms with Crippen LogP contribution in [0.4, 0.5) is 0 Å². The molecule has 1 rings (SSSR count). The van der Waals surface area contributed by atoms with Crippen molar-refractivity contribution >= 4 is 17.3 Å². The average molecular weight is 245 g/mol. The fourth-order valence-corrected chi connectivity index (χ4v) is 1.57. The lowest BCUT2D eigenvalue weighted by Gasteiger charge is -2.11. The third kappa shape index (κ3) is 3.02. The van der Waals surface area contributed by atoms with Gasteiger partial charge in [0.1, 0.15) is 11.9 Å². The number of phenols is 1. The topological polar surface area (TPSA) is 110 Å². The van der Waals surface area contributed by atoms with Gasteiger partial charge in [0, 0.05) is 11.1 Å². The van der Waals surface area contributed by atoms with E-state index in [2.05, 4.69) is 4.18 Å². The Hall–Kier alpha value is -1.44. The summed E-state index contributed by atoms with van der Waals surface area (Å²) in [6.45, 7) is 1.49. The first kappa shape index (κ1) is 12.6. The Balaban J connectivity index is 2.98. The van der Waals surface area contributed by atoms with Crippen LogP contribution in [0.2, 0.25) is 0 Å². The first-order valence-electron chi connectivity index (χ1n) is 4.32. The van der Waals surface area contributed by atoms with Crippen molar-refractivity contribution in [3.8, 4) is 5.75 Å². The molecule has 2 unspecified atom stereocenters. The Kier molecular flexibility index (Phi) is 3.99. The predicted molar refractivity (Wildman–Crippen MR) is 56.9 cm³/mol. The van der Waals surface area contributed by atoms with Crippen molar-refractivity contribution in [2.24, 2.45) is 5.73 Å². The number of carbonyl (C=O) groups is 1. The van der Waals surface area contributed by atoms with E-state index in [1.807, 2.05) is 0 Å². The lowest BCUT2D eigenvalue weighted by molar-refractivity contribution is 0.0999. The molecular formula is C9H11NO5S. The Morgan fingerprint density at radius 2 is 2.19 bits per heavy atom. The van der Waals surface area contributed by atoms with E-state index < -0.39 is 23.4 Å². The molecule has 0 aliphatic heterocycles. The predicted octanol–water partition coefficient (Wildman–Crippen LogP) is 0.705. The van der Waals surface area contributed by atoms with Gasteiger partial charge >= 0.3 is 11.4 Å². The second-order valence-electron chi connectivity index (χ2n) is 3.09. The van der Waals surface area contributed by atoms with Gasteiger partial charge in [0.05, 0.1) is 0 Å². The molecule has 0 aromatic heterocycles. The number of aromatic hydroxyl groups is 1. The zero-order valence-corrected chi connectivity index (χ0v) is 9.23. The van der Waals surface area contributed by atoms with E-state index in [1.165, 1.54) is 25.1 Å². The first-order valence-corrected chi connectivity index (χ1v) is 5.35. The largest absolute Gasteiger partial charge is 0.508 e. The number of phenolic OH excluding ortho intramolecular Hbond substituents is 1. The molecule has 88 valence electrons. The van der Waals surface area contributed by atoms with Crippen LogP contribution in [0.3, 0.4) is 0 Å². The van der Waals surface area contributed by atoms with Crippen molar-refractivity contribution in [1.82, 2.24) is 0 Å². The molecule has 4 N–H and O–H groups in total. The van der Waals surface area contributed by atoms with Gasteiger partial charge in [-0.15, -0.1) is 0 Å². The Labute approximate surface area is 94.5 Å². The second kappa shape index (κ2) is 5.06. The molecule has 0 fully saturated rings. The van der Waals surface area contributed by atoms with Gasteiger partial charge in [-0.1, -0.05) is 6.07 Å². The second-order valence-corrected chi connectivity index (χ2v) is 3.72. The van der Waals surface area contributed by atoms with Crippen molar-refractivity contribution in [3.63, 3.8) is 0 Å². The van der Waals surface area contributed by atoms with Crippen molar-refractivity contribution < 1.29 is 22.8 Å². The van der Waals surface area contributed by atoms with Gasteiger partial charge < -0.3 is 10.8 Å². The molecular weight excluding hydrogens is 234 g/mol. The maximum atomic E-state index is 10.8. The van der Waals surface area contributed by atoms with Gasteiger partial charge in [-0.05, 0) is 19.1 Å². The van der Waals surface area contributed by atoms with Gasteiger partial charge in [0.2, 0.25) is 5.91 Å². The monoisotopic (exact) mass is 245 g/mol. The SMILES string of the molecule is CC(OS(=O)O)c1ccc(C(N)=O)cc1O. The van der Waals surface area contributed by atoms with Crippen molar-refractivity contribution in [3.05, 3.63) is 29.3 Å². The van der Waals surface area contributed by atoms with E-state index in [0.717, 1.165) is 0 Å². The summed E-state index contributed by atoms with van der Waals surface area (Å²) < 4.78 is 23.5. The van der Waals surface area contributed by atoms with Crippen LogP contribution in [-0.2, 0) is 15.5 Å². The van der Waals surface area contributed by atoms with Crippen LogP contribution >= 0.6 is 0 Å². The summed E-state index contributed by atoms with van der Waals surface area (Å²) in [5.41, 5.74) is 5.47. The molecule has 0 aliphatic carbocycles. The minimum atomic E-state index is -2.42. The van der Waals surface area contributed by atoms with Crippen LogP contribution < -0.4 is 5.73 Å². The lowest BCUT2D eigenvalue weighted by atomic mass is 10.1. The number of amides is 1. The van der Waals surface area contributed by atoms with Crippen LogP contribution in [0.5, 0.6) is 5.75 Å². The average Bonchev–Trinajstić information content (AvgIpc) is 2.15. The van der Waals surface area contributed by atoms with Crippen LogP contribution in [0, 0.1) is 0 Å². The van der Waals surface area contributed by atoms with Gasteiger partial charge in [0.15, 0.2) is 0 Å². The molecule has 0 heterocycles. The van der Waals surface area contributed by atoms with E-state index in [4.69, 9.17) is 10.3 Å². The molecule has 0 spiro atoms. The summed E-state index contributed by atoms with van der Waals surface area (Å²) in [5, 5.41) is 9.56. The number of primary amides is 1. The fraction of sp³-hybridized carbons (Fsp3) is 0.222. The van der Waals surface area contributed by atoms with Gasteiger partial charge in [0.25, 0.3) is 0 Å². The molecule has 0 aliphatic rings. The maximum Gasteiger partial charge on any atom is 0.302 e. The van der Waals surface area contributed by atoms with Crippen molar-refractivity contribution in [2.75, 3.05) is 0 Å². The highest BCUT2D eigenvalue weighted by Crippen LogP contribution is 2.27. The third-order valence-corrected chi connectivity index (χ3v) is 2.43. The highest BCUT2D eigenvalue weighted by Gasteiger charge is 2.14. The Morgan fingerprint density at radius 3 is 2.62 bits per heavy atom. The summed E-state index contributed by atoms with van der Waals surface area (Å²) in [6.07, 6.45) is -0.771. The van der Waals surface area contributed by atoms with Gasteiger partial charge in [-0.25, -0.2) is 0 Å². The van der Waals surface area contributed by atoms with Crippen molar-refractivity contribution in [1.29, 1.82) is 0 Å².